The third kappa shape index (κ3) is 7.36. The molecule has 0 fully saturated rings. The number of hydrogen-bond acceptors (Lipinski definition) is 7. The first-order valence-corrected chi connectivity index (χ1v) is 13.4. The number of ketones is 1. The van der Waals surface area contributed by atoms with Crippen LogP contribution in [0.25, 0.3) is 10.9 Å². The van der Waals surface area contributed by atoms with Gasteiger partial charge in [-0.15, -0.1) is 0 Å². The SMILES string of the molecule is CCOC(=O)CCCN(C(=O)Oc1ccc2c(c1)c(C(=O)CCc1ccc(C(=N)N)cc1)cn2C)c1ccccn1. The summed E-state index contributed by atoms with van der Waals surface area (Å²) >= 11 is 0. The Morgan fingerprint density at radius 1 is 1.05 bits per heavy atom. The number of nitrogens with zero attached hydrogens (tertiary/aromatic N) is 3. The molecule has 1 amide bonds. The number of Topliss-reactive ketones (excluding diaryl/α,β-unsaturated/α-hetero) is 1. The van der Waals surface area contributed by atoms with E-state index in [1.807, 2.05) is 23.7 Å². The average Bonchev–Trinajstić information content (AvgIpc) is 3.30. The number of nitrogens with one attached hydrogen (secondary N) is 1. The molecule has 0 aliphatic heterocycles. The zero-order valence-corrected chi connectivity index (χ0v) is 23.1. The summed E-state index contributed by atoms with van der Waals surface area (Å²) in [5.41, 5.74) is 8.49. The van der Waals surface area contributed by atoms with Crippen LogP contribution in [0.4, 0.5) is 10.6 Å². The summed E-state index contributed by atoms with van der Waals surface area (Å²) in [6, 6.07) is 17.6. The first-order chi connectivity index (χ1) is 19.8. The molecule has 212 valence electrons. The van der Waals surface area contributed by atoms with E-state index in [0.717, 1.165) is 11.1 Å². The van der Waals surface area contributed by atoms with Gasteiger partial charge in [-0.25, -0.2) is 9.78 Å². The number of amidine groups is 1. The number of rotatable bonds is 12. The fraction of sp³-hybridized carbons (Fsp3) is 0.258. The predicted octanol–water partition coefficient (Wildman–Crippen LogP) is 5.02. The van der Waals surface area contributed by atoms with Gasteiger partial charge in [0, 0.05) is 60.9 Å². The molecule has 0 saturated heterocycles. The van der Waals surface area contributed by atoms with Crippen LogP contribution < -0.4 is 15.4 Å². The van der Waals surface area contributed by atoms with Gasteiger partial charge >= 0.3 is 12.1 Å². The normalized spacial score (nSPS) is 10.8. The lowest BCUT2D eigenvalue weighted by Crippen LogP contribution is -2.35. The number of carbonyl (C=O) groups is 3. The smallest absolute Gasteiger partial charge is 0.420 e. The second kappa shape index (κ2) is 13.4. The summed E-state index contributed by atoms with van der Waals surface area (Å²) in [5, 5.41) is 8.20. The van der Waals surface area contributed by atoms with E-state index >= 15 is 0 Å². The number of esters is 1. The van der Waals surface area contributed by atoms with Gasteiger partial charge in [-0.1, -0.05) is 30.3 Å². The van der Waals surface area contributed by atoms with Gasteiger partial charge in [0.05, 0.1) is 6.61 Å². The van der Waals surface area contributed by atoms with Crippen LogP contribution in [0.2, 0.25) is 0 Å². The van der Waals surface area contributed by atoms with Crippen LogP contribution in [0, 0.1) is 5.41 Å². The Hall–Kier alpha value is -4.99. The number of aryl methyl sites for hydroxylation is 2. The van der Waals surface area contributed by atoms with E-state index in [0.29, 0.717) is 41.8 Å². The lowest BCUT2D eigenvalue weighted by molar-refractivity contribution is -0.143. The number of fused-ring (bicyclic) bond motifs is 1. The second-order valence-corrected chi connectivity index (χ2v) is 9.48. The number of carbonyl (C=O) groups excluding carboxylic acids is 3. The molecule has 0 saturated carbocycles. The van der Waals surface area contributed by atoms with Crippen LogP contribution in [0.3, 0.4) is 0 Å². The van der Waals surface area contributed by atoms with Gasteiger partial charge in [-0.2, -0.15) is 0 Å². The number of nitrogen functional groups attached to an aromatic ring is 1. The molecule has 4 rings (SSSR count). The fourth-order valence-electron chi connectivity index (χ4n) is 4.48. The highest BCUT2D eigenvalue weighted by Crippen LogP contribution is 2.28. The standard InChI is InChI=1S/C31H33N5O5/c1-3-40-29(38)8-6-18-36(28-7-4-5-17-34-28)31(39)41-23-14-15-26-24(19-23)25(20-35(26)2)27(37)16-11-21-9-12-22(13-10-21)30(32)33/h4-5,7,9-10,12-15,17,19-20H,3,6,8,11,16,18H2,1-2H3,(H3,32,33). The fourth-order valence-corrected chi connectivity index (χ4v) is 4.48. The van der Waals surface area contributed by atoms with Crippen molar-refractivity contribution in [2.45, 2.75) is 32.6 Å². The van der Waals surface area contributed by atoms with Gasteiger partial charge in [0.1, 0.15) is 17.4 Å². The highest BCUT2D eigenvalue weighted by atomic mass is 16.6. The third-order valence-corrected chi connectivity index (χ3v) is 6.59. The number of nitrogens with two attached hydrogens (primary N) is 1. The Balaban J connectivity index is 1.49. The number of pyridine rings is 1. The molecule has 2 aromatic heterocycles. The first-order valence-electron chi connectivity index (χ1n) is 13.4. The topological polar surface area (TPSA) is 141 Å². The Morgan fingerprint density at radius 2 is 1.83 bits per heavy atom. The first kappa shape index (κ1) is 29.0. The summed E-state index contributed by atoms with van der Waals surface area (Å²) in [6.45, 7) is 2.25. The lowest BCUT2D eigenvalue weighted by Gasteiger charge is -2.21. The number of anilines is 1. The van der Waals surface area contributed by atoms with Crippen molar-refractivity contribution in [2.75, 3.05) is 18.1 Å². The summed E-state index contributed by atoms with van der Waals surface area (Å²) < 4.78 is 12.6. The van der Waals surface area contributed by atoms with E-state index < -0.39 is 6.09 Å². The molecule has 3 N–H and O–H groups in total. The van der Waals surface area contributed by atoms with Crippen molar-refractivity contribution >= 4 is 40.4 Å². The highest BCUT2D eigenvalue weighted by Gasteiger charge is 2.21. The summed E-state index contributed by atoms with van der Waals surface area (Å²) in [4.78, 5) is 43.9. The molecule has 10 nitrogen and oxygen atoms in total. The molecule has 2 heterocycles. The highest BCUT2D eigenvalue weighted by molar-refractivity contribution is 6.08. The van der Waals surface area contributed by atoms with E-state index in [1.54, 1.807) is 67.8 Å². The monoisotopic (exact) mass is 555 g/mol. The minimum Gasteiger partial charge on any atom is -0.466 e. The molecule has 0 radical (unpaired) electrons. The van der Waals surface area contributed by atoms with Crippen LogP contribution in [0.5, 0.6) is 5.75 Å². The van der Waals surface area contributed by atoms with Crippen molar-refractivity contribution in [2.24, 2.45) is 12.8 Å². The maximum absolute atomic E-state index is 13.3. The largest absolute Gasteiger partial charge is 0.466 e. The van der Waals surface area contributed by atoms with Crippen molar-refractivity contribution in [1.82, 2.24) is 9.55 Å². The van der Waals surface area contributed by atoms with Gasteiger partial charge < -0.3 is 19.8 Å². The number of hydrogen-bond donors (Lipinski definition) is 2. The Bertz CT molecular complexity index is 1550. The Morgan fingerprint density at radius 3 is 2.51 bits per heavy atom. The molecule has 2 aromatic carbocycles. The zero-order chi connectivity index (χ0) is 29.4. The molecule has 0 aliphatic carbocycles. The molecule has 0 spiro atoms. The van der Waals surface area contributed by atoms with Gasteiger partial charge in [0.25, 0.3) is 0 Å². The molecule has 10 heteroatoms. The molecule has 0 aliphatic rings. The van der Waals surface area contributed by atoms with Crippen molar-refractivity contribution in [3.63, 3.8) is 0 Å². The van der Waals surface area contributed by atoms with Crippen LogP contribution in [0.15, 0.2) is 73.1 Å². The van der Waals surface area contributed by atoms with E-state index in [-0.39, 0.29) is 42.7 Å². The lowest BCUT2D eigenvalue weighted by atomic mass is 10.0. The molecular weight excluding hydrogens is 522 g/mol. The Labute approximate surface area is 238 Å². The van der Waals surface area contributed by atoms with E-state index in [4.69, 9.17) is 20.6 Å². The molecule has 0 unspecified atom stereocenters. The van der Waals surface area contributed by atoms with Crippen LogP contribution in [0.1, 0.15) is 47.7 Å². The minimum atomic E-state index is -0.648. The van der Waals surface area contributed by atoms with Crippen molar-refractivity contribution in [1.29, 1.82) is 5.41 Å². The number of benzene rings is 2. The Kier molecular flexibility index (Phi) is 9.47. The number of ether oxygens (including phenoxy) is 2. The summed E-state index contributed by atoms with van der Waals surface area (Å²) in [7, 11) is 1.86. The quantitative estimate of drug-likeness (QED) is 0.108. The third-order valence-electron chi connectivity index (χ3n) is 6.59. The van der Waals surface area contributed by atoms with Crippen LogP contribution in [-0.4, -0.2) is 46.4 Å². The molecule has 0 atom stereocenters. The maximum atomic E-state index is 13.3. The molecular formula is C31H33N5O5. The average molecular weight is 556 g/mol. The molecule has 41 heavy (non-hydrogen) atoms. The second-order valence-electron chi connectivity index (χ2n) is 9.48. The van der Waals surface area contributed by atoms with Gasteiger partial charge in [0.15, 0.2) is 5.78 Å². The van der Waals surface area contributed by atoms with Gasteiger partial charge in [-0.3, -0.25) is 19.9 Å². The van der Waals surface area contributed by atoms with Gasteiger partial charge in [0.2, 0.25) is 0 Å². The van der Waals surface area contributed by atoms with E-state index in [2.05, 4.69) is 4.98 Å². The summed E-state index contributed by atoms with van der Waals surface area (Å²) in [5.74, 6) is 0.313. The van der Waals surface area contributed by atoms with Crippen molar-refractivity contribution in [3.05, 3.63) is 89.7 Å². The van der Waals surface area contributed by atoms with Crippen molar-refractivity contribution in [3.8, 4) is 5.75 Å². The van der Waals surface area contributed by atoms with E-state index in [9.17, 15) is 14.4 Å². The molecule has 0 bridgehead atoms. The van der Waals surface area contributed by atoms with E-state index in [1.165, 1.54) is 4.90 Å². The van der Waals surface area contributed by atoms with Crippen molar-refractivity contribution < 1.29 is 23.9 Å². The minimum absolute atomic E-state index is 0.000265. The zero-order valence-electron chi connectivity index (χ0n) is 23.1. The maximum Gasteiger partial charge on any atom is 0.420 e. The van der Waals surface area contributed by atoms with Crippen LogP contribution >= 0.6 is 0 Å². The summed E-state index contributed by atoms with van der Waals surface area (Å²) in [6.07, 6.45) is 4.07. The number of aromatic nitrogens is 2. The van der Waals surface area contributed by atoms with Gasteiger partial charge in [-0.05, 0) is 55.7 Å². The van der Waals surface area contributed by atoms with Crippen LogP contribution in [-0.2, 0) is 23.0 Å². The molecule has 4 aromatic rings. The number of amides is 1. The predicted molar refractivity (Wildman–Crippen MR) is 157 cm³/mol.